The van der Waals surface area contributed by atoms with Gasteiger partial charge < -0.3 is 4.42 Å². The number of para-hydroxylation sites is 1. The number of aromatic nitrogens is 2. The van der Waals surface area contributed by atoms with Crippen molar-refractivity contribution in [2.45, 2.75) is 13.2 Å². The molecule has 0 saturated heterocycles. The van der Waals surface area contributed by atoms with Crippen LogP contribution in [-0.2, 0) is 18.0 Å². The molecule has 0 aliphatic carbocycles. The minimum atomic E-state index is -0.444. The Balaban J connectivity index is 1.35. The number of carbonyl (C=O) groups excluding carboxylic acids is 1. The first-order valence-electron chi connectivity index (χ1n) is 10.3. The van der Waals surface area contributed by atoms with Crippen molar-refractivity contribution in [2.24, 2.45) is 0 Å². The van der Waals surface area contributed by atoms with Crippen LogP contribution in [0.4, 0.5) is 0 Å². The highest BCUT2D eigenvalue weighted by molar-refractivity contribution is 5.94. The van der Waals surface area contributed by atoms with Crippen molar-refractivity contribution in [2.75, 3.05) is 0 Å². The van der Waals surface area contributed by atoms with Gasteiger partial charge in [-0.25, -0.2) is 5.48 Å². The van der Waals surface area contributed by atoms with Gasteiger partial charge in [0.2, 0.25) is 0 Å². The second kappa shape index (κ2) is 8.91. The van der Waals surface area contributed by atoms with E-state index in [1.807, 2.05) is 77.5 Å². The van der Waals surface area contributed by atoms with Crippen molar-refractivity contribution in [1.29, 1.82) is 0 Å². The molecule has 0 aliphatic rings. The van der Waals surface area contributed by atoms with Crippen LogP contribution in [-0.4, -0.2) is 15.7 Å². The van der Waals surface area contributed by atoms with Crippen LogP contribution in [0.15, 0.2) is 101 Å². The van der Waals surface area contributed by atoms with E-state index < -0.39 is 5.91 Å². The minimum absolute atomic E-state index is 0.162. The van der Waals surface area contributed by atoms with E-state index in [1.54, 1.807) is 12.1 Å². The van der Waals surface area contributed by atoms with Crippen molar-refractivity contribution in [3.8, 4) is 11.5 Å². The molecule has 0 saturated carbocycles. The number of fused-ring (bicyclic) bond motifs is 1. The summed E-state index contributed by atoms with van der Waals surface area (Å²) in [6.07, 6.45) is 0. The normalized spacial score (nSPS) is 11.0. The van der Waals surface area contributed by atoms with Gasteiger partial charge in [-0.2, -0.15) is 5.10 Å². The Morgan fingerprint density at radius 3 is 2.31 bits per heavy atom. The average molecular weight is 423 g/mol. The Labute approximate surface area is 185 Å². The summed E-state index contributed by atoms with van der Waals surface area (Å²) in [5.74, 6) is 0.246. The highest BCUT2D eigenvalue weighted by atomic mass is 16.7. The number of hydrogen-bond acceptors (Lipinski definition) is 4. The zero-order valence-electron chi connectivity index (χ0n) is 17.3. The third-order valence-electron chi connectivity index (χ3n) is 5.14. The standard InChI is InChI=1S/C26H21N3O3/c30-26(28-31-18-20-11-5-2-6-12-20)24-16-15-23(32-24)25-21-13-7-8-14-22(21)29(27-25)17-19-9-3-1-4-10-19/h1-16H,17-18H2,(H,28,30). The zero-order chi connectivity index (χ0) is 21.8. The molecule has 6 heteroatoms. The van der Waals surface area contributed by atoms with E-state index in [0.717, 1.165) is 22.0 Å². The number of benzene rings is 3. The van der Waals surface area contributed by atoms with Crippen LogP contribution in [0.3, 0.4) is 0 Å². The highest BCUT2D eigenvalue weighted by Gasteiger charge is 2.18. The topological polar surface area (TPSA) is 69.3 Å². The second-order valence-electron chi connectivity index (χ2n) is 7.38. The summed E-state index contributed by atoms with van der Waals surface area (Å²) in [5.41, 5.74) is 6.24. The van der Waals surface area contributed by atoms with Crippen LogP contribution in [0.25, 0.3) is 22.4 Å². The van der Waals surface area contributed by atoms with Crippen LogP contribution in [0.1, 0.15) is 21.7 Å². The molecule has 0 radical (unpaired) electrons. The summed E-state index contributed by atoms with van der Waals surface area (Å²) in [4.78, 5) is 17.7. The SMILES string of the molecule is O=C(NOCc1ccccc1)c1ccc(-c2nn(Cc3ccccc3)c3ccccc23)o1. The van der Waals surface area contributed by atoms with Crippen molar-refractivity contribution in [3.63, 3.8) is 0 Å². The summed E-state index contributed by atoms with van der Waals surface area (Å²) in [6.45, 7) is 0.914. The van der Waals surface area contributed by atoms with Crippen LogP contribution < -0.4 is 5.48 Å². The highest BCUT2D eigenvalue weighted by Crippen LogP contribution is 2.29. The molecule has 2 aromatic heterocycles. The van der Waals surface area contributed by atoms with Crippen LogP contribution in [0.2, 0.25) is 0 Å². The fourth-order valence-corrected chi connectivity index (χ4v) is 3.58. The number of amides is 1. The number of furan rings is 1. The summed E-state index contributed by atoms with van der Waals surface area (Å²) in [6, 6.07) is 31.1. The predicted octanol–water partition coefficient (Wildman–Crippen LogP) is 5.21. The molecule has 5 rings (SSSR count). The number of nitrogens with zero attached hydrogens (tertiary/aromatic N) is 2. The van der Waals surface area contributed by atoms with Gasteiger partial charge in [0.15, 0.2) is 11.5 Å². The Morgan fingerprint density at radius 2 is 1.53 bits per heavy atom. The van der Waals surface area contributed by atoms with Gasteiger partial charge in [0.25, 0.3) is 0 Å². The van der Waals surface area contributed by atoms with Gasteiger partial charge in [0, 0.05) is 5.39 Å². The molecule has 1 N–H and O–H groups in total. The van der Waals surface area contributed by atoms with Crippen molar-refractivity contribution < 1.29 is 14.0 Å². The quantitative estimate of drug-likeness (QED) is 0.365. The monoisotopic (exact) mass is 423 g/mol. The molecular weight excluding hydrogens is 402 g/mol. The number of hydrogen-bond donors (Lipinski definition) is 1. The molecule has 6 nitrogen and oxygen atoms in total. The fraction of sp³-hybridized carbons (Fsp3) is 0.0769. The first kappa shape index (κ1) is 19.8. The van der Waals surface area contributed by atoms with Gasteiger partial charge in [-0.1, -0.05) is 78.9 Å². The molecule has 1 amide bonds. The predicted molar refractivity (Wildman–Crippen MR) is 122 cm³/mol. The van der Waals surface area contributed by atoms with E-state index in [4.69, 9.17) is 14.4 Å². The van der Waals surface area contributed by atoms with E-state index in [1.165, 1.54) is 0 Å². The number of rotatable bonds is 7. The maximum atomic E-state index is 12.4. The lowest BCUT2D eigenvalue weighted by Crippen LogP contribution is -2.23. The van der Waals surface area contributed by atoms with Gasteiger partial charge in [0.1, 0.15) is 5.69 Å². The molecule has 0 aliphatic heterocycles. The lowest BCUT2D eigenvalue weighted by atomic mass is 10.2. The molecule has 5 aromatic rings. The van der Waals surface area contributed by atoms with Gasteiger partial charge >= 0.3 is 5.91 Å². The van der Waals surface area contributed by atoms with Crippen LogP contribution in [0, 0.1) is 0 Å². The number of hydroxylamine groups is 1. The van der Waals surface area contributed by atoms with Gasteiger partial charge in [-0.3, -0.25) is 14.3 Å². The van der Waals surface area contributed by atoms with Crippen molar-refractivity contribution >= 4 is 16.8 Å². The molecule has 0 spiro atoms. The molecule has 0 atom stereocenters. The number of carbonyl (C=O) groups is 1. The van der Waals surface area contributed by atoms with Crippen molar-refractivity contribution in [3.05, 3.63) is 114 Å². The van der Waals surface area contributed by atoms with E-state index in [2.05, 4.69) is 17.6 Å². The molecule has 0 unspecified atom stereocenters. The molecule has 158 valence electrons. The minimum Gasteiger partial charge on any atom is -0.449 e. The third-order valence-corrected chi connectivity index (χ3v) is 5.14. The lowest BCUT2D eigenvalue weighted by Gasteiger charge is -2.04. The first-order valence-corrected chi connectivity index (χ1v) is 10.3. The van der Waals surface area contributed by atoms with Gasteiger partial charge in [-0.05, 0) is 29.3 Å². The molecule has 3 aromatic carbocycles. The average Bonchev–Trinajstić information content (AvgIpc) is 3.46. The Morgan fingerprint density at radius 1 is 0.844 bits per heavy atom. The smallest absolute Gasteiger partial charge is 0.310 e. The van der Waals surface area contributed by atoms with Crippen LogP contribution >= 0.6 is 0 Å². The fourth-order valence-electron chi connectivity index (χ4n) is 3.58. The van der Waals surface area contributed by atoms with E-state index >= 15 is 0 Å². The van der Waals surface area contributed by atoms with E-state index in [-0.39, 0.29) is 12.4 Å². The summed E-state index contributed by atoms with van der Waals surface area (Å²) in [7, 11) is 0. The van der Waals surface area contributed by atoms with E-state index in [0.29, 0.717) is 18.0 Å². The summed E-state index contributed by atoms with van der Waals surface area (Å²) in [5, 5.41) is 5.75. The Hall–Kier alpha value is -4.16. The molecular formula is C26H21N3O3. The second-order valence-corrected chi connectivity index (χ2v) is 7.38. The molecule has 2 heterocycles. The summed E-state index contributed by atoms with van der Waals surface area (Å²) < 4.78 is 7.79. The Kier molecular flexibility index (Phi) is 5.51. The van der Waals surface area contributed by atoms with E-state index in [9.17, 15) is 4.79 Å². The maximum absolute atomic E-state index is 12.4. The lowest BCUT2D eigenvalue weighted by molar-refractivity contribution is 0.0213. The van der Waals surface area contributed by atoms with Crippen LogP contribution in [0.5, 0.6) is 0 Å². The van der Waals surface area contributed by atoms with Crippen molar-refractivity contribution in [1.82, 2.24) is 15.3 Å². The summed E-state index contributed by atoms with van der Waals surface area (Å²) >= 11 is 0. The molecule has 0 bridgehead atoms. The third kappa shape index (κ3) is 4.17. The van der Waals surface area contributed by atoms with Gasteiger partial charge in [-0.15, -0.1) is 0 Å². The molecule has 32 heavy (non-hydrogen) atoms. The first-order chi connectivity index (χ1) is 15.8. The maximum Gasteiger partial charge on any atom is 0.310 e. The zero-order valence-corrected chi connectivity index (χ0v) is 17.3. The molecule has 0 fully saturated rings. The number of nitrogens with one attached hydrogen (secondary N) is 1. The Bertz CT molecular complexity index is 1340. The largest absolute Gasteiger partial charge is 0.449 e. The van der Waals surface area contributed by atoms with Gasteiger partial charge in [0.05, 0.1) is 18.7 Å².